The number of amides is 1. The second kappa shape index (κ2) is 10.7. The van der Waals surface area contributed by atoms with Gasteiger partial charge in [0.05, 0.1) is 22.4 Å². The summed E-state index contributed by atoms with van der Waals surface area (Å²) in [5, 5.41) is 16.4. The summed E-state index contributed by atoms with van der Waals surface area (Å²) < 4.78 is 18.2. The predicted octanol–water partition coefficient (Wildman–Crippen LogP) is 5.07. The van der Waals surface area contributed by atoms with E-state index in [1.807, 2.05) is 27.7 Å². The van der Waals surface area contributed by atoms with E-state index in [4.69, 9.17) is 14.0 Å². The number of aromatic nitrogens is 2. The third kappa shape index (κ3) is 5.13. The van der Waals surface area contributed by atoms with E-state index in [2.05, 4.69) is 21.1 Å². The summed E-state index contributed by atoms with van der Waals surface area (Å²) in [6, 6.07) is 8.94. The lowest BCUT2D eigenvalue weighted by Crippen LogP contribution is -2.23. The third-order valence-electron chi connectivity index (χ3n) is 6.80. The van der Waals surface area contributed by atoms with Gasteiger partial charge >= 0.3 is 5.97 Å². The van der Waals surface area contributed by atoms with Crippen molar-refractivity contribution >= 4 is 17.7 Å². The first-order valence-corrected chi connectivity index (χ1v) is 12.0. The summed E-state index contributed by atoms with van der Waals surface area (Å²) in [6.07, 6.45) is 4.26. The molecule has 1 aromatic carbocycles. The van der Waals surface area contributed by atoms with Crippen LogP contribution in [-0.4, -0.2) is 28.2 Å². The van der Waals surface area contributed by atoms with E-state index in [9.17, 15) is 14.9 Å². The van der Waals surface area contributed by atoms with Gasteiger partial charge in [0.25, 0.3) is 5.91 Å². The molecule has 9 nitrogen and oxygen atoms in total. The summed E-state index contributed by atoms with van der Waals surface area (Å²) in [5.41, 5.74) is 4.23. The molecule has 0 aliphatic heterocycles. The summed E-state index contributed by atoms with van der Waals surface area (Å²) in [7, 11) is 0. The maximum absolute atomic E-state index is 12.7. The smallest absolute Gasteiger partial charge is 0.338 e. The monoisotopic (exact) mass is 490 g/mol. The van der Waals surface area contributed by atoms with E-state index in [0.29, 0.717) is 35.1 Å². The highest BCUT2D eigenvalue weighted by atomic mass is 16.5. The van der Waals surface area contributed by atoms with Crippen LogP contribution in [0.5, 0.6) is 5.75 Å². The fraction of sp³-hybridized carbons (Fsp3) is 0.407. The Hall–Kier alpha value is -4.06. The quantitative estimate of drug-likeness (QED) is 0.438. The lowest BCUT2D eigenvalue weighted by Gasteiger charge is -2.19. The fourth-order valence-corrected chi connectivity index (χ4v) is 4.64. The number of anilines is 1. The molecule has 1 aliphatic rings. The van der Waals surface area contributed by atoms with E-state index < -0.39 is 18.5 Å². The molecule has 1 N–H and O–H groups in total. The van der Waals surface area contributed by atoms with Gasteiger partial charge in [0.1, 0.15) is 30.0 Å². The minimum Gasteiger partial charge on any atom is -0.489 e. The Labute approximate surface area is 210 Å². The van der Waals surface area contributed by atoms with Gasteiger partial charge in [0.15, 0.2) is 6.61 Å². The van der Waals surface area contributed by atoms with Crippen LogP contribution in [0.2, 0.25) is 0 Å². The van der Waals surface area contributed by atoms with E-state index in [1.165, 1.54) is 0 Å². The SMILES string of the molecule is Cc1noc(C)c1COc1ccc(C(=O)OCC(=O)Nc2c(C#N)c(C)c(C)n2C2CCCC2)cc1. The first kappa shape index (κ1) is 25.0. The number of nitriles is 1. The second-order valence-electron chi connectivity index (χ2n) is 9.09. The Bertz CT molecular complexity index is 1290. The zero-order chi connectivity index (χ0) is 25.8. The Balaban J connectivity index is 1.35. The Kier molecular flexibility index (Phi) is 7.44. The van der Waals surface area contributed by atoms with Crippen LogP contribution in [0.4, 0.5) is 5.82 Å². The zero-order valence-electron chi connectivity index (χ0n) is 21.0. The van der Waals surface area contributed by atoms with Gasteiger partial charge in [-0.15, -0.1) is 0 Å². The molecule has 1 fully saturated rings. The Morgan fingerprint density at radius 3 is 2.47 bits per heavy atom. The number of nitrogens with one attached hydrogen (secondary N) is 1. The summed E-state index contributed by atoms with van der Waals surface area (Å²) in [5.74, 6) is 0.651. The van der Waals surface area contributed by atoms with Gasteiger partial charge in [-0.3, -0.25) is 4.79 Å². The predicted molar refractivity (Wildman–Crippen MR) is 132 cm³/mol. The largest absolute Gasteiger partial charge is 0.489 e. The molecular weight excluding hydrogens is 460 g/mol. The van der Waals surface area contributed by atoms with Crippen LogP contribution in [0.3, 0.4) is 0 Å². The zero-order valence-corrected chi connectivity index (χ0v) is 21.0. The van der Waals surface area contributed by atoms with Gasteiger partial charge in [0.2, 0.25) is 0 Å². The average molecular weight is 491 g/mol. The average Bonchev–Trinajstić information content (AvgIpc) is 3.56. The number of ether oxygens (including phenoxy) is 2. The topological polar surface area (TPSA) is 119 Å². The highest BCUT2D eigenvalue weighted by Gasteiger charge is 2.27. The normalized spacial score (nSPS) is 13.4. The molecule has 0 spiro atoms. The summed E-state index contributed by atoms with van der Waals surface area (Å²) >= 11 is 0. The van der Waals surface area contributed by atoms with Crippen molar-refractivity contribution in [1.82, 2.24) is 9.72 Å². The van der Waals surface area contributed by atoms with Crippen molar-refractivity contribution in [2.75, 3.05) is 11.9 Å². The lowest BCUT2D eigenvalue weighted by atomic mass is 10.2. The molecule has 0 saturated heterocycles. The maximum Gasteiger partial charge on any atom is 0.338 e. The van der Waals surface area contributed by atoms with Gasteiger partial charge in [-0.05, 0) is 70.4 Å². The summed E-state index contributed by atoms with van der Waals surface area (Å²) in [6.45, 7) is 7.37. The minimum absolute atomic E-state index is 0.252. The van der Waals surface area contributed by atoms with E-state index in [0.717, 1.165) is 48.2 Å². The van der Waals surface area contributed by atoms with Crippen LogP contribution in [0.1, 0.15) is 75.9 Å². The molecule has 4 rings (SSSR count). The van der Waals surface area contributed by atoms with Crippen molar-refractivity contribution in [2.45, 2.75) is 66.0 Å². The number of carbonyl (C=O) groups excluding carboxylic acids is 2. The van der Waals surface area contributed by atoms with Crippen LogP contribution in [0, 0.1) is 39.0 Å². The third-order valence-corrected chi connectivity index (χ3v) is 6.80. The van der Waals surface area contributed by atoms with Gasteiger partial charge in [-0.1, -0.05) is 18.0 Å². The van der Waals surface area contributed by atoms with E-state index in [-0.39, 0.29) is 6.04 Å². The molecule has 2 aromatic heterocycles. The number of nitrogens with zero attached hydrogens (tertiary/aromatic N) is 3. The van der Waals surface area contributed by atoms with Crippen LogP contribution < -0.4 is 10.1 Å². The van der Waals surface area contributed by atoms with Gasteiger partial charge in [-0.25, -0.2) is 4.79 Å². The molecule has 36 heavy (non-hydrogen) atoms. The number of benzene rings is 1. The molecule has 3 aromatic rings. The molecule has 1 saturated carbocycles. The number of aryl methyl sites for hydroxylation is 2. The van der Waals surface area contributed by atoms with Crippen LogP contribution in [0.25, 0.3) is 0 Å². The van der Waals surface area contributed by atoms with E-state index in [1.54, 1.807) is 24.3 Å². The first-order valence-electron chi connectivity index (χ1n) is 12.0. The van der Waals surface area contributed by atoms with Gasteiger partial charge < -0.3 is 23.9 Å². The standard InChI is InChI=1S/C27H30N4O5/c1-16-18(3)31(21-7-5-6-8-21)26(23(16)13-28)29-25(32)15-35-27(33)20-9-11-22(12-10-20)34-14-24-17(2)30-36-19(24)4/h9-12,21H,5-8,14-15H2,1-4H3,(H,29,32). The molecule has 0 atom stereocenters. The number of hydrogen-bond acceptors (Lipinski definition) is 7. The van der Waals surface area contributed by atoms with Crippen molar-refractivity contribution in [3.63, 3.8) is 0 Å². The molecule has 0 radical (unpaired) electrons. The van der Waals surface area contributed by atoms with Gasteiger partial charge in [-0.2, -0.15) is 5.26 Å². The lowest BCUT2D eigenvalue weighted by molar-refractivity contribution is -0.119. The molecule has 0 bridgehead atoms. The number of rotatable bonds is 8. The number of carbonyl (C=O) groups is 2. The van der Waals surface area contributed by atoms with Crippen LogP contribution >= 0.6 is 0 Å². The van der Waals surface area contributed by atoms with E-state index >= 15 is 0 Å². The maximum atomic E-state index is 12.7. The van der Waals surface area contributed by atoms with Crippen molar-refractivity contribution in [2.24, 2.45) is 0 Å². The highest BCUT2D eigenvalue weighted by molar-refractivity contribution is 5.96. The Morgan fingerprint density at radius 2 is 1.86 bits per heavy atom. The van der Waals surface area contributed by atoms with Crippen LogP contribution in [-0.2, 0) is 16.1 Å². The van der Waals surface area contributed by atoms with Gasteiger partial charge in [0, 0.05) is 11.7 Å². The van der Waals surface area contributed by atoms with Crippen LogP contribution in [0.15, 0.2) is 28.8 Å². The summed E-state index contributed by atoms with van der Waals surface area (Å²) in [4.78, 5) is 25.1. The molecule has 1 amide bonds. The molecule has 1 aliphatic carbocycles. The first-order chi connectivity index (χ1) is 17.3. The second-order valence-corrected chi connectivity index (χ2v) is 9.09. The fourth-order valence-electron chi connectivity index (χ4n) is 4.64. The van der Waals surface area contributed by atoms with Crippen molar-refractivity contribution in [3.8, 4) is 11.8 Å². The Morgan fingerprint density at radius 1 is 1.17 bits per heavy atom. The van der Waals surface area contributed by atoms with Crippen molar-refractivity contribution in [1.29, 1.82) is 5.26 Å². The molecule has 0 unspecified atom stereocenters. The van der Waals surface area contributed by atoms with Crippen molar-refractivity contribution < 1.29 is 23.6 Å². The molecule has 188 valence electrons. The molecule has 9 heteroatoms. The minimum atomic E-state index is -0.624. The molecule has 2 heterocycles. The highest BCUT2D eigenvalue weighted by Crippen LogP contribution is 2.37. The number of hydrogen-bond donors (Lipinski definition) is 1. The number of esters is 1. The van der Waals surface area contributed by atoms with Crippen molar-refractivity contribution in [3.05, 3.63) is 63.7 Å². The molecular formula is C27H30N4O5.